The van der Waals surface area contributed by atoms with Gasteiger partial charge in [0.1, 0.15) is 11.4 Å². The molecule has 0 saturated carbocycles. The zero-order valence-corrected chi connectivity index (χ0v) is 16.3. The molecule has 0 amide bonds. The van der Waals surface area contributed by atoms with Crippen molar-refractivity contribution in [2.75, 3.05) is 23.7 Å². The molecule has 2 unspecified atom stereocenters. The predicted molar refractivity (Wildman–Crippen MR) is 117 cm³/mol. The number of hydrogen-bond donors (Lipinski definition) is 5. The second-order valence-corrected chi connectivity index (χ2v) is 7.15. The van der Waals surface area contributed by atoms with Crippen LogP contribution in [0, 0.1) is 0 Å². The molecule has 5 nitrogen and oxygen atoms in total. The molecule has 0 saturated heterocycles. The van der Waals surface area contributed by atoms with Crippen LogP contribution in [0.1, 0.15) is 11.1 Å². The third-order valence-electron chi connectivity index (χ3n) is 4.71. The van der Waals surface area contributed by atoms with Crippen LogP contribution in [0.5, 0.6) is 5.75 Å². The molecule has 0 bridgehead atoms. The Morgan fingerprint density at radius 2 is 1.14 bits per heavy atom. The van der Waals surface area contributed by atoms with Crippen molar-refractivity contribution in [2.45, 2.75) is 25.0 Å². The maximum absolute atomic E-state index is 10.3. The number of phenolic OH excluding ortho intramolecular Hbond substituents is 1. The summed E-state index contributed by atoms with van der Waals surface area (Å²) in [5.74, 6) is 0.0967. The van der Waals surface area contributed by atoms with Gasteiger partial charge in [-0.25, -0.2) is 0 Å². The molecular formula is C24H28N2O3. The zero-order chi connectivity index (χ0) is 20.5. The van der Waals surface area contributed by atoms with E-state index in [1.54, 1.807) is 12.1 Å². The van der Waals surface area contributed by atoms with Crippen LogP contribution in [0.4, 0.5) is 11.4 Å². The first kappa shape index (κ1) is 20.7. The summed E-state index contributed by atoms with van der Waals surface area (Å²) in [6, 6.07) is 24.8. The first-order valence-corrected chi connectivity index (χ1v) is 9.85. The van der Waals surface area contributed by atoms with Gasteiger partial charge in [0.25, 0.3) is 0 Å². The first-order valence-electron chi connectivity index (χ1n) is 9.85. The van der Waals surface area contributed by atoms with Gasteiger partial charge in [0.2, 0.25) is 0 Å². The minimum absolute atomic E-state index is 0.0967. The maximum atomic E-state index is 10.3. The topological polar surface area (TPSA) is 84.8 Å². The first-order chi connectivity index (χ1) is 14.1. The Hall–Kier alpha value is -3.02. The van der Waals surface area contributed by atoms with Crippen molar-refractivity contribution in [2.24, 2.45) is 0 Å². The minimum atomic E-state index is -0.589. The lowest BCUT2D eigenvalue weighted by Gasteiger charge is -2.19. The van der Waals surface area contributed by atoms with E-state index in [0.717, 1.165) is 11.1 Å². The number of hydrogen-bond acceptors (Lipinski definition) is 5. The number of benzene rings is 3. The molecule has 29 heavy (non-hydrogen) atoms. The highest BCUT2D eigenvalue weighted by molar-refractivity contribution is 5.75. The van der Waals surface area contributed by atoms with Gasteiger partial charge in [-0.1, -0.05) is 66.7 Å². The molecule has 0 fully saturated rings. The number of aromatic hydroxyl groups is 1. The molecule has 5 heteroatoms. The van der Waals surface area contributed by atoms with Crippen molar-refractivity contribution in [3.05, 3.63) is 90.0 Å². The molecule has 0 aliphatic rings. The van der Waals surface area contributed by atoms with E-state index in [0.29, 0.717) is 37.3 Å². The number of rotatable bonds is 10. The van der Waals surface area contributed by atoms with Crippen LogP contribution in [-0.4, -0.2) is 40.6 Å². The Balaban J connectivity index is 1.55. The number of nitrogens with one attached hydrogen (secondary N) is 2. The van der Waals surface area contributed by atoms with Gasteiger partial charge in [-0.2, -0.15) is 0 Å². The van der Waals surface area contributed by atoms with Crippen LogP contribution in [0.3, 0.4) is 0 Å². The Kier molecular flexibility index (Phi) is 7.50. The molecular weight excluding hydrogens is 364 g/mol. The van der Waals surface area contributed by atoms with Crippen molar-refractivity contribution in [3.8, 4) is 5.75 Å². The van der Waals surface area contributed by atoms with Gasteiger partial charge in [-0.15, -0.1) is 0 Å². The molecule has 0 spiro atoms. The number of phenols is 1. The lowest BCUT2D eigenvalue weighted by atomic mass is 10.1. The fourth-order valence-corrected chi connectivity index (χ4v) is 3.24. The highest BCUT2D eigenvalue weighted by atomic mass is 16.3. The third kappa shape index (κ3) is 6.52. The van der Waals surface area contributed by atoms with E-state index in [9.17, 15) is 15.3 Å². The smallest absolute Gasteiger partial charge is 0.140 e. The Bertz CT molecular complexity index is 872. The van der Waals surface area contributed by atoms with Crippen molar-refractivity contribution in [1.82, 2.24) is 0 Å². The summed E-state index contributed by atoms with van der Waals surface area (Å²) < 4.78 is 0. The molecule has 3 aromatic rings. The summed E-state index contributed by atoms with van der Waals surface area (Å²) >= 11 is 0. The van der Waals surface area contributed by atoms with E-state index >= 15 is 0 Å². The molecule has 3 rings (SSSR count). The van der Waals surface area contributed by atoms with Crippen molar-refractivity contribution in [3.63, 3.8) is 0 Å². The van der Waals surface area contributed by atoms with Crippen LogP contribution in [0.2, 0.25) is 0 Å². The van der Waals surface area contributed by atoms with Crippen LogP contribution in [0.15, 0.2) is 78.9 Å². The standard InChI is InChI=1S/C24H28N2O3/c27-20(14-18-8-3-1-4-9-18)16-25-22-12-7-13-23(29)24(22)26-17-21(28)15-19-10-5-2-6-11-19/h1-13,20-21,25-29H,14-17H2. The van der Waals surface area contributed by atoms with Crippen LogP contribution in [-0.2, 0) is 12.8 Å². The molecule has 0 aliphatic carbocycles. The quantitative estimate of drug-likeness (QED) is 0.342. The van der Waals surface area contributed by atoms with Gasteiger partial charge in [-0.05, 0) is 23.3 Å². The fraction of sp³-hybridized carbons (Fsp3) is 0.250. The van der Waals surface area contributed by atoms with Crippen molar-refractivity contribution in [1.29, 1.82) is 0 Å². The van der Waals surface area contributed by atoms with E-state index in [1.165, 1.54) is 0 Å². The summed E-state index contributed by atoms with van der Waals surface area (Å²) in [5.41, 5.74) is 3.33. The average molecular weight is 392 g/mol. The van der Waals surface area contributed by atoms with Crippen molar-refractivity contribution < 1.29 is 15.3 Å². The molecule has 3 aromatic carbocycles. The predicted octanol–water partition coefficient (Wildman–Crippen LogP) is 3.42. The molecule has 0 radical (unpaired) electrons. The fourth-order valence-electron chi connectivity index (χ4n) is 3.24. The Morgan fingerprint density at radius 3 is 1.69 bits per heavy atom. The van der Waals surface area contributed by atoms with Gasteiger partial charge < -0.3 is 26.0 Å². The number of anilines is 2. The number of para-hydroxylation sites is 1. The summed E-state index contributed by atoms with van der Waals surface area (Å²) in [7, 11) is 0. The largest absolute Gasteiger partial charge is 0.506 e. The maximum Gasteiger partial charge on any atom is 0.140 e. The molecule has 0 aliphatic heterocycles. The third-order valence-corrected chi connectivity index (χ3v) is 4.71. The Morgan fingerprint density at radius 1 is 0.621 bits per heavy atom. The van der Waals surface area contributed by atoms with Gasteiger partial charge in [0.15, 0.2) is 0 Å². The average Bonchev–Trinajstić information content (AvgIpc) is 2.73. The second-order valence-electron chi connectivity index (χ2n) is 7.15. The molecule has 5 N–H and O–H groups in total. The zero-order valence-electron chi connectivity index (χ0n) is 16.3. The second kappa shape index (κ2) is 10.5. The van der Waals surface area contributed by atoms with E-state index in [4.69, 9.17) is 0 Å². The van der Waals surface area contributed by atoms with Crippen LogP contribution < -0.4 is 10.6 Å². The van der Waals surface area contributed by atoms with Gasteiger partial charge in [0.05, 0.1) is 17.9 Å². The summed E-state index contributed by atoms with van der Waals surface area (Å²) in [5, 5.41) is 37.2. The van der Waals surface area contributed by atoms with E-state index in [1.807, 2.05) is 66.7 Å². The molecule has 0 aromatic heterocycles. The van der Waals surface area contributed by atoms with E-state index < -0.39 is 12.2 Å². The van der Waals surface area contributed by atoms with Gasteiger partial charge in [-0.3, -0.25) is 0 Å². The van der Waals surface area contributed by atoms with Gasteiger partial charge >= 0.3 is 0 Å². The van der Waals surface area contributed by atoms with Crippen molar-refractivity contribution >= 4 is 11.4 Å². The van der Waals surface area contributed by atoms with E-state index in [2.05, 4.69) is 10.6 Å². The summed E-state index contributed by atoms with van der Waals surface area (Å²) in [4.78, 5) is 0. The highest BCUT2D eigenvalue weighted by Gasteiger charge is 2.12. The number of aliphatic hydroxyl groups excluding tert-OH is 2. The highest BCUT2D eigenvalue weighted by Crippen LogP contribution is 2.31. The monoisotopic (exact) mass is 392 g/mol. The normalized spacial score (nSPS) is 12.9. The van der Waals surface area contributed by atoms with E-state index in [-0.39, 0.29) is 5.75 Å². The number of aliphatic hydroxyl groups is 2. The van der Waals surface area contributed by atoms with Crippen LogP contribution in [0.25, 0.3) is 0 Å². The van der Waals surface area contributed by atoms with Gasteiger partial charge in [0, 0.05) is 25.9 Å². The molecule has 2 atom stereocenters. The molecule has 0 heterocycles. The Labute approximate surface area is 171 Å². The molecule has 152 valence electrons. The van der Waals surface area contributed by atoms with Crippen LogP contribution >= 0.6 is 0 Å². The SMILES string of the molecule is Oc1cccc(NCC(O)Cc2ccccc2)c1NCC(O)Cc1ccccc1. The lowest BCUT2D eigenvalue weighted by molar-refractivity contribution is 0.187. The minimum Gasteiger partial charge on any atom is -0.506 e. The summed E-state index contributed by atoms with van der Waals surface area (Å²) in [6.07, 6.45) is -0.0737. The lowest BCUT2D eigenvalue weighted by Crippen LogP contribution is -2.24. The summed E-state index contributed by atoms with van der Waals surface area (Å²) in [6.45, 7) is 0.646.